The number of benzene rings is 1. The van der Waals surface area contributed by atoms with Crippen molar-refractivity contribution in [3.63, 3.8) is 0 Å². The van der Waals surface area contributed by atoms with E-state index >= 15 is 0 Å². The Morgan fingerprint density at radius 1 is 1.38 bits per heavy atom. The second-order valence-corrected chi connectivity index (χ2v) is 3.38. The maximum atomic E-state index is 11.8. The van der Waals surface area contributed by atoms with Crippen LogP contribution in [0.4, 0.5) is 0 Å². The van der Waals surface area contributed by atoms with Crippen LogP contribution in [0.15, 0.2) is 18.2 Å². The minimum absolute atomic E-state index is 0.0217. The lowest BCUT2D eigenvalue weighted by atomic mass is 10.0. The van der Waals surface area contributed by atoms with Crippen LogP contribution >= 0.6 is 0 Å². The van der Waals surface area contributed by atoms with Gasteiger partial charge in [0.25, 0.3) is 0 Å². The Balaban J connectivity index is 3.10. The first kappa shape index (κ1) is 12.7. The second-order valence-electron chi connectivity index (χ2n) is 3.38. The van der Waals surface area contributed by atoms with Crippen LogP contribution in [-0.2, 0) is 11.3 Å². The standard InChI is InChI=1S/C12H17NO3/c1-15-8-10-9(11(14)6-7-13)4-3-5-12(10)16-2/h3-5H,6-8,13H2,1-2H3. The summed E-state index contributed by atoms with van der Waals surface area (Å²) >= 11 is 0. The molecule has 4 nitrogen and oxygen atoms in total. The first-order valence-corrected chi connectivity index (χ1v) is 5.12. The molecule has 0 radical (unpaired) electrons. The fraction of sp³-hybridized carbons (Fsp3) is 0.417. The molecule has 0 atom stereocenters. The van der Waals surface area contributed by atoms with Crippen LogP contribution in [0.3, 0.4) is 0 Å². The van der Waals surface area contributed by atoms with E-state index in [1.807, 2.05) is 6.07 Å². The normalized spacial score (nSPS) is 10.2. The maximum Gasteiger partial charge on any atom is 0.164 e. The molecular weight excluding hydrogens is 206 g/mol. The molecule has 0 heterocycles. The van der Waals surface area contributed by atoms with Gasteiger partial charge in [0.05, 0.1) is 13.7 Å². The third-order valence-electron chi connectivity index (χ3n) is 2.31. The molecule has 1 aromatic rings. The molecule has 0 fully saturated rings. The molecule has 0 bridgehead atoms. The van der Waals surface area contributed by atoms with Gasteiger partial charge in [-0.15, -0.1) is 0 Å². The van der Waals surface area contributed by atoms with Crippen LogP contribution in [0.2, 0.25) is 0 Å². The summed E-state index contributed by atoms with van der Waals surface area (Å²) < 4.78 is 10.3. The molecule has 0 unspecified atom stereocenters. The molecule has 0 aliphatic rings. The van der Waals surface area contributed by atoms with E-state index in [1.54, 1.807) is 26.4 Å². The van der Waals surface area contributed by atoms with Gasteiger partial charge in [-0.1, -0.05) is 12.1 Å². The molecule has 16 heavy (non-hydrogen) atoms. The predicted molar refractivity (Wildman–Crippen MR) is 61.7 cm³/mol. The van der Waals surface area contributed by atoms with Gasteiger partial charge in [-0.05, 0) is 12.6 Å². The van der Waals surface area contributed by atoms with Gasteiger partial charge in [0.2, 0.25) is 0 Å². The van der Waals surface area contributed by atoms with Gasteiger partial charge in [-0.25, -0.2) is 0 Å². The molecule has 0 saturated carbocycles. The van der Waals surface area contributed by atoms with E-state index in [1.165, 1.54) is 0 Å². The Morgan fingerprint density at radius 3 is 2.69 bits per heavy atom. The van der Waals surface area contributed by atoms with Crippen molar-refractivity contribution in [1.82, 2.24) is 0 Å². The Labute approximate surface area is 95.3 Å². The molecule has 1 aromatic carbocycles. The first-order chi connectivity index (χ1) is 7.74. The van der Waals surface area contributed by atoms with Gasteiger partial charge in [-0.3, -0.25) is 4.79 Å². The van der Waals surface area contributed by atoms with Crippen molar-refractivity contribution in [2.75, 3.05) is 20.8 Å². The number of carbonyl (C=O) groups is 1. The van der Waals surface area contributed by atoms with Crippen LogP contribution in [0.25, 0.3) is 0 Å². The summed E-state index contributed by atoms with van der Waals surface area (Å²) in [5, 5.41) is 0. The Kier molecular flexibility index (Phi) is 4.95. The third-order valence-corrected chi connectivity index (χ3v) is 2.31. The fourth-order valence-corrected chi connectivity index (χ4v) is 1.58. The molecule has 0 aromatic heterocycles. The van der Waals surface area contributed by atoms with Crippen molar-refractivity contribution in [2.24, 2.45) is 5.73 Å². The zero-order valence-electron chi connectivity index (χ0n) is 9.66. The van der Waals surface area contributed by atoms with Gasteiger partial charge < -0.3 is 15.2 Å². The molecule has 1 rings (SSSR count). The van der Waals surface area contributed by atoms with Gasteiger partial charge >= 0.3 is 0 Å². The van der Waals surface area contributed by atoms with Crippen molar-refractivity contribution < 1.29 is 14.3 Å². The Bertz CT molecular complexity index is 363. The van der Waals surface area contributed by atoms with E-state index in [0.717, 1.165) is 5.56 Å². The monoisotopic (exact) mass is 223 g/mol. The van der Waals surface area contributed by atoms with Crippen LogP contribution in [-0.4, -0.2) is 26.5 Å². The number of ketones is 1. The van der Waals surface area contributed by atoms with Crippen molar-refractivity contribution in [1.29, 1.82) is 0 Å². The van der Waals surface area contributed by atoms with Crippen LogP contribution in [0.1, 0.15) is 22.3 Å². The summed E-state index contributed by atoms with van der Waals surface area (Å²) in [6.07, 6.45) is 0.337. The summed E-state index contributed by atoms with van der Waals surface area (Å²) in [7, 11) is 3.16. The average Bonchev–Trinajstić information content (AvgIpc) is 2.30. The topological polar surface area (TPSA) is 61.5 Å². The predicted octanol–water partition coefficient (Wildman–Crippen LogP) is 1.37. The van der Waals surface area contributed by atoms with E-state index < -0.39 is 0 Å². The van der Waals surface area contributed by atoms with Gasteiger partial charge in [0.15, 0.2) is 5.78 Å². The van der Waals surface area contributed by atoms with Crippen LogP contribution in [0, 0.1) is 0 Å². The van der Waals surface area contributed by atoms with E-state index in [2.05, 4.69) is 0 Å². The number of hydrogen-bond acceptors (Lipinski definition) is 4. The molecule has 4 heteroatoms. The minimum atomic E-state index is 0.0217. The number of hydrogen-bond donors (Lipinski definition) is 1. The van der Waals surface area contributed by atoms with Crippen molar-refractivity contribution in [3.8, 4) is 5.75 Å². The summed E-state index contributed by atoms with van der Waals surface area (Å²) in [6.45, 7) is 0.706. The smallest absolute Gasteiger partial charge is 0.164 e. The number of ether oxygens (including phenoxy) is 2. The number of nitrogens with two attached hydrogens (primary N) is 1. The summed E-state index contributed by atoms with van der Waals surface area (Å²) in [5.41, 5.74) is 6.79. The quantitative estimate of drug-likeness (QED) is 0.740. The molecule has 2 N–H and O–H groups in total. The zero-order chi connectivity index (χ0) is 12.0. The SMILES string of the molecule is COCc1c(OC)cccc1C(=O)CCN. The highest BCUT2D eigenvalue weighted by molar-refractivity contribution is 5.98. The van der Waals surface area contributed by atoms with Gasteiger partial charge in [0.1, 0.15) is 5.75 Å². The minimum Gasteiger partial charge on any atom is -0.496 e. The Hall–Kier alpha value is -1.39. The summed E-state index contributed by atoms with van der Waals surface area (Å²) in [5.74, 6) is 0.693. The van der Waals surface area contributed by atoms with Crippen molar-refractivity contribution in [3.05, 3.63) is 29.3 Å². The molecule has 0 aliphatic carbocycles. The molecular formula is C12H17NO3. The van der Waals surface area contributed by atoms with Gasteiger partial charge in [0, 0.05) is 24.7 Å². The van der Waals surface area contributed by atoms with Crippen LogP contribution in [0.5, 0.6) is 5.75 Å². The van der Waals surface area contributed by atoms with E-state index in [9.17, 15) is 4.79 Å². The molecule has 0 amide bonds. The molecule has 0 saturated heterocycles. The fourth-order valence-electron chi connectivity index (χ4n) is 1.58. The largest absolute Gasteiger partial charge is 0.496 e. The number of methoxy groups -OCH3 is 2. The first-order valence-electron chi connectivity index (χ1n) is 5.12. The highest BCUT2D eigenvalue weighted by Gasteiger charge is 2.14. The number of rotatable bonds is 6. The van der Waals surface area contributed by atoms with E-state index in [-0.39, 0.29) is 5.78 Å². The zero-order valence-corrected chi connectivity index (χ0v) is 9.66. The van der Waals surface area contributed by atoms with Crippen molar-refractivity contribution >= 4 is 5.78 Å². The Morgan fingerprint density at radius 2 is 2.12 bits per heavy atom. The van der Waals surface area contributed by atoms with Crippen LogP contribution < -0.4 is 10.5 Å². The third kappa shape index (κ3) is 2.81. The van der Waals surface area contributed by atoms with E-state index in [4.69, 9.17) is 15.2 Å². The lowest BCUT2D eigenvalue weighted by Crippen LogP contribution is -2.11. The van der Waals surface area contributed by atoms with E-state index in [0.29, 0.717) is 30.9 Å². The second kappa shape index (κ2) is 6.25. The maximum absolute atomic E-state index is 11.8. The highest BCUT2D eigenvalue weighted by Crippen LogP contribution is 2.24. The average molecular weight is 223 g/mol. The molecule has 88 valence electrons. The molecule has 0 aliphatic heterocycles. The lowest BCUT2D eigenvalue weighted by Gasteiger charge is -2.12. The summed E-state index contributed by atoms with van der Waals surface area (Å²) in [4.78, 5) is 11.8. The lowest BCUT2D eigenvalue weighted by molar-refractivity contribution is 0.0979. The highest BCUT2D eigenvalue weighted by atomic mass is 16.5. The van der Waals surface area contributed by atoms with Gasteiger partial charge in [-0.2, -0.15) is 0 Å². The number of carbonyl (C=O) groups excluding carboxylic acids is 1. The number of Topliss-reactive ketones (excluding diaryl/α,β-unsaturated/α-hetero) is 1. The summed E-state index contributed by atoms with van der Waals surface area (Å²) in [6, 6.07) is 5.38. The molecule has 0 spiro atoms. The van der Waals surface area contributed by atoms with Crippen molar-refractivity contribution in [2.45, 2.75) is 13.0 Å².